The SMILES string of the molecule is Cc1ccc(S(=O)(=O)O)cc1.Cn1cnc(=N)c2ncn([C@@H]3O[C@H](CO)[C@@H](O)[C@H]3O)c21. The fraction of sp³-hybridized carbons (Fsp3) is 0.389. The third-order valence-electron chi connectivity index (χ3n) is 4.80. The van der Waals surface area contributed by atoms with Gasteiger partial charge in [-0.15, -0.1) is 0 Å². The van der Waals surface area contributed by atoms with Gasteiger partial charge in [0.05, 0.1) is 24.2 Å². The first-order valence-corrected chi connectivity index (χ1v) is 10.6. The molecule has 3 heterocycles. The van der Waals surface area contributed by atoms with E-state index in [9.17, 15) is 18.6 Å². The second kappa shape index (κ2) is 8.82. The number of hydrogen-bond acceptors (Lipinski definition) is 9. The van der Waals surface area contributed by atoms with Gasteiger partial charge in [-0.1, -0.05) is 17.7 Å². The highest BCUT2D eigenvalue weighted by molar-refractivity contribution is 7.85. The third kappa shape index (κ3) is 4.66. The van der Waals surface area contributed by atoms with E-state index >= 15 is 0 Å². The maximum atomic E-state index is 10.5. The summed E-state index contributed by atoms with van der Waals surface area (Å²) in [7, 11) is -2.29. The van der Waals surface area contributed by atoms with Gasteiger partial charge in [-0.05, 0) is 19.1 Å². The molecule has 0 unspecified atom stereocenters. The number of aromatic nitrogens is 4. The normalized spacial score (nSPS) is 23.5. The van der Waals surface area contributed by atoms with E-state index in [0.717, 1.165) is 5.56 Å². The lowest BCUT2D eigenvalue weighted by Gasteiger charge is -2.17. The van der Waals surface area contributed by atoms with Crippen LogP contribution in [0, 0.1) is 12.3 Å². The lowest BCUT2D eigenvalue weighted by molar-refractivity contribution is -0.0512. The van der Waals surface area contributed by atoms with Crippen molar-refractivity contribution in [1.82, 2.24) is 19.1 Å². The first-order chi connectivity index (χ1) is 14.5. The van der Waals surface area contributed by atoms with E-state index in [1.807, 2.05) is 6.92 Å². The highest BCUT2D eigenvalue weighted by Crippen LogP contribution is 2.30. The van der Waals surface area contributed by atoms with Crippen LogP contribution in [-0.4, -0.2) is 72.3 Å². The Labute approximate surface area is 177 Å². The van der Waals surface area contributed by atoms with E-state index in [0.29, 0.717) is 11.2 Å². The second-order valence-electron chi connectivity index (χ2n) is 7.05. The molecule has 1 aliphatic rings. The number of benzene rings is 1. The molecule has 3 aromatic rings. The quantitative estimate of drug-likeness (QED) is 0.314. The molecule has 0 aliphatic carbocycles. The Balaban J connectivity index is 0.000000210. The molecule has 4 atom stereocenters. The molecule has 0 radical (unpaired) electrons. The van der Waals surface area contributed by atoms with E-state index in [4.69, 9.17) is 19.8 Å². The molecule has 5 N–H and O–H groups in total. The summed E-state index contributed by atoms with van der Waals surface area (Å²) in [5.41, 5.74) is 1.88. The number of rotatable bonds is 3. The summed E-state index contributed by atoms with van der Waals surface area (Å²) in [6, 6.07) is 5.99. The Morgan fingerprint density at radius 3 is 2.32 bits per heavy atom. The van der Waals surface area contributed by atoms with Crippen LogP contribution < -0.4 is 5.49 Å². The molecule has 0 amide bonds. The van der Waals surface area contributed by atoms with Crippen molar-refractivity contribution in [2.45, 2.75) is 36.4 Å². The molecule has 4 rings (SSSR count). The summed E-state index contributed by atoms with van der Waals surface area (Å²) in [4.78, 5) is 7.90. The van der Waals surface area contributed by atoms with Crippen molar-refractivity contribution in [3.05, 3.63) is 48.0 Å². The van der Waals surface area contributed by atoms with Crippen molar-refractivity contribution in [1.29, 1.82) is 5.41 Å². The predicted molar refractivity (Wildman–Crippen MR) is 106 cm³/mol. The van der Waals surface area contributed by atoms with Crippen LogP contribution in [0.1, 0.15) is 11.8 Å². The molecule has 1 saturated heterocycles. The molecule has 1 fully saturated rings. The van der Waals surface area contributed by atoms with Crippen LogP contribution in [0.15, 0.2) is 41.8 Å². The summed E-state index contributed by atoms with van der Waals surface area (Å²) < 4.78 is 38.2. The maximum absolute atomic E-state index is 10.5. The van der Waals surface area contributed by atoms with Crippen LogP contribution in [-0.2, 0) is 21.9 Å². The van der Waals surface area contributed by atoms with Crippen molar-refractivity contribution in [3.63, 3.8) is 0 Å². The van der Waals surface area contributed by atoms with Crippen LogP contribution in [0.4, 0.5) is 0 Å². The van der Waals surface area contributed by atoms with Crippen molar-refractivity contribution in [2.75, 3.05) is 6.61 Å². The van der Waals surface area contributed by atoms with Crippen LogP contribution in [0.25, 0.3) is 11.2 Å². The summed E-state index contributed by atoms with van der Waals surface area (Å²) in [6.45, 7) is 1.45. The topological polar surface area (TPSA) is 184 Å². The van der Waals surface area contributed by atoms with E-state index in [1.54, 1.807) is 23.7 Å². The molecular weight excluding hydrogens is 430 g/mol. The van der Waals surface area contributed by atoms with Gasteiger partial charge in [0.2, 0.25) is 0 Å². The summed E-state index contributed by atoms with van der Waals surface area (Å²) in [6.07, 6.45) is -1.21. The average Bonchev–Trinajstić information content (AvgIpc) is 3.28. The van der Waals surface area contributed by atoms with Crippen molar-refractivity contribution < 1.29 is 33.0 Å². The zero-order chi connectivity index (χ0) is 22.9. The fourth-order valence-corrected chi connectivity index (χ4v) is 3.62. The van der Waals surface area contributed by atoms with Gasteiger partial charge in [0, 0.05) is 7.05 Å². The van der Waals surface area contributed by atoms with Crippen molar-refractivity contribution in [2.24, 2.45) is 7.05 Å². The smallest absolute Gasteiger partial charge is 0.294 e. The number of fused-ring (bicyclic) bond motifs is 1. The van der Waals surface area contributed by atoms with E-state index in [2.05, 4.69) is 9.97 Å². The maximum Gasteiger partial charge on any atom is 0.294 e. The van der Waals surface area contributed by atoms with Crippen LogP contribution in [0.3, 0.4) is 0 Å². The van der Waals surface area contributed by atoms with Gasteiger partial charge in [-0.25, -0.2) is 9.97 Å². The number of ether oxygens (including phenoxy) is 1. The van der Waals surface area contributed by atoms with Crippen molar-refractivity contribution >= 4 is 21.3 Å². The number of nitrogens with one attached hydrogen (secondary N) is 1. The monoisotopic (exact) mass is 453 g/mol. The largest absolute Gasteiger partial charge is 0.394 e. The zero-order valence-corrected chi connectivity index (χ0v) is 17.5. The molecule has 12 nitrogen and oxygen atoms in total. The van der Waals surface area contributed by atoms with Gasteiger partial charge in [0.15, 0.2) is 11.7 Å². The molecule has 1 aliphatic heterocycles. The Morgan fingerprint density at radius 1 is 1.13 bits per heavy atom. The first kappa shape index (κ1) is 23.0. The summed E-state index contributed by atoms with van der Waals surface area (Å²) in [5.74, 6) is 0. The number of aliphatic hydroxyl groups is 3. The fourth-order valence-electron chi connectivity index (χ4n) is 3.14. The van der Waals surface area contributed by atoms with Crippen molar-refractivity contribution in [3.8, 4) is 0 Å². The lowest BCUT2D eigenvalue weighted by Crippen LogP contribution is -2.33. The Kier molecular flexibility index (Phi) is 6.54. The Hall–Kier alpha value is -2.68. The number of nitrogens with zero attached hydrogens (tertiary/aromatic N) is 4. The lowest BCUT2D eigenvalue weighted by atomic mass is 10.1. The first-order valence-electron chi connectivity index (χ1n) is 9.14. The molecule has 2 aromatic heterocycles. The molecule has 168 valence electrons. The minimum absolute atomic E-state index is 0.0172. The number of aryl methyl sites for hydroxylation is 2. The highest BCUT2D eigenvalue weighted by atomic mass is 32.2. The Bertz CT molecular complexity index is 1220. The van der Waals surface area contributed by atoms with E-state index in [-0.39, 0.29) is 10.4 Å². The highest BCUT2D eigenvalue weighted by Gasteiger charge is 2.44. The van der Waals surface area contributed by atoms with Gasteiger partial charge in [-0.3, -0.25) is 14.5 Å². The van der Waals surface area contributed by atoms with Gasteiger partial charge >= 0.3 is 0 Å². The predicted octanol–water partition coefficient (Wildman–Crippen LogP) is -0.898. The third-order valence-corrected chi connectivity index (χ3v) is 5.66. The molecule has 0 saturated carbocycles. The summed E-state index contributed by atoms with van der Waals surface area (Å²) >= 11 is 0. The number of aliphatic hydroxyl groups excluding tert-OH is 3. The van der Waals surface area contributed by atoms with Crippen LogP contribution in [0.2, 0.25) is 0 Å². The average molecular weight is 453 g/mol. The van der Waals surface area contributed by atoms with Crippen LogP contribution >= 0.6 is 0 Å². The zero-order valence-electron chi connectivity index (χ0n) is 16.7. The molecule has 0 spiro atoms. The second-order valence-corrected chi connectivity index (χ2v) is 8.47. The summed E-state index contributed by atoms with van der Waals surface area (Å²) in [5, 5.41) is 36.7. The van der Waals surface area contributed by atoms with E-state index in [1.165, 1.54) is 29.4 Å². The van der Waals surface area contributed by atoms with Gasteiger partial charge in [-0.2, -0.15) is 8.42 Å². The minimum atomic E-state index is -4.02. The Morgan fingerprint density at radius 2 is 1.77 bits per heavy atom. The molecule has 0 bridgehead atoms. The number of hydrogen-bond donors (Lipinski definition) is 5. The van der Waals surface area contributed by atoms with Gasteiger partial charge in [0.25, 0.3) is 10.1 Å². The standard InChI is InChI=1S/C11H15N5O4.C7H8O3S/c1-15-3-14-9(12)6-10(15)16(4-13-6)11-8(19)7(18)5(2-17)20-11;1-6-2-4-7(5-3-6)11(8,9)10/h3-5,7-8,11-12,17-19H,2H2,1H3;2-5H,1H3,(H,8,9,10)/t5-,7-,8-,11-;/m1./s1. The molecular formula is C18H23N5O7S. The molecule has 1 aromatic carbocycles. The molecule has 13 heteroatoms. The van der Waals surface area contributed by atoms with Gasteiger partial charge < -0.3 is 24.6 Å². The molecule has 31 heavy (non-hydrogen) atoms. The van der Waals surface area contributed by atoms with E-state index < -0.39 is 41.3 Å². The number of imidazole rings is 1. The minimum Gasteiger partial charge on any atom is -0.394 e. The van der Waals surface area contributed by atoms with Gasteiger partial charge in [0.1, 0.15) is 29.5 Å². The van der Waals surface area contributed by atoms with Crippen LogP contribution in [0.5, 0.6) is 0 Å².